The molecule has 0 spiro atoms. The summed E-state index contributed by atoms with van der Waals surface area (Å²) >= 11 is 0. The second kappa shape index (κ2) is 5.29. The molecule has 0 rings (SSSR count). The first-order valence-electron chi connectivity index (χ1n) is 3.02. The van der Waals surface area contributed by atoms with Crippen LogP contribution in [0.5, 0.6) is 0 Å². The Hall–Kier alpha value is -0.505. The second-order valence-electron chi connectivity index (χ2n) is 2.57. The standard InChI is InChI=1S/C6H13NO2.B/c1-4(2)3-5(7)6(8)9;/h4-5H,3,7H2,1-2H3,(H,8,9);/t5-;/m0./s1. The number of rotatable bonds is 3. The van der Waals surface area contributed by atoms with Gasteiger partial charge in [0.25, 0.3) is 0 Å². The molecule has 10 heavy (non-hydrogen) atoms. The van der Waals surface area contributed by atoms with Crippen molar-refractivity contribution in [1.82, 2.24) is 0 Å². The van der Waals surface area contributed by atoms with E-state index in [0.717, 1.165) is 0 Å². The fourth-order valence-electron chi connectivity index (χ4n) is 0.609. The van der Waals surface area contributed by atoms with Gasteiger partial charge in [-0.3, -0.25) is 4.79 Å². The molecule has 0 saturated carbocycles. The highest BCUT2D eigenvalue weighted by molar-refractivity contribution is 5.75. The van der Waals surface area contributed by atoms with Crippen LogP contribution in [0.2, 0.25) is 0 Å². The quantitative estimate of drug-likeness (QED) is 0.547. The lowest BCUT2D eigenvalue weighted by atomic mass is 10.1. The van der Waals surface area contributed by atoms with E-state index in [1.165, 1.54) is 0 Å². The molecular weight excluding hydrogens is 129 g/mol. The van der Waals surface area contributed by atoms with Gasteiger partial charge >= 0.3 is 5.97 Å². The Morgan fingerprint density at radius 1 is 1.60 bits per heavy atom. The molecule has 0 aromatic rings. The average Bonchev–Trinajstić information content (AvgIpc) is 1.63. The van der Waals surface area contributed by atoms with Crippen molar-refractivity contribution in [2.24, 2.45) is 11.7 Å². The van der Waals surface area contributed by atoms with E-state index in [1.54, 1.807) is 0 Å². The first-order chi connectivity index (χ1) is 4.04. The summed E-state index contributed by atoms with van der Waals surface area (Å²) in [5, 5.41) is 8.31. The molecule has 3 N–H and O–H groups in total. The molecule has 0 bridgehead atoms. The van der Waals surface area contributed by atoms with Gasteiger partial charge in [-0.2, -0.15) is 0 Å². The minimum Gasteiger partial charge on any atom is -0.480 e. The normalized spacial score (nSPS) is 12.4. The smallest absolute Gasteiger partial charge is 0.320 e. The van der Waals surface area contributed by atoms with Gasteiger partial charge in [-0.15, -0.1) is 0 Å². The van der Waals surface area contributed by atoms with Crippen molar-refractivity contribution in [3.63, 3.8) is 0 Å². The highest BCUT2D eigenvalue weighted by Gasteiger charge is 2.11. The first-order valence-corrected chi connectivity index (χ1v) is 3.02. The molecule has 0 fully saturated rings. The minimum atomic E-state index is -0.913. The van der Waals surface area contributed by atoms with Crippen LogP contribution in [-0.2, 0) is 4.79 Å². The lowest BCUT2D eigenvalue weighted by Gasteiger charge is -2.07. The maximum Gasteiger partial charge on any atom is 0.320 e. The number of carbonyl (C=O) groups is 1. The van der Waals surface area contributed by atoms with Crippen LogP contribution in [-0.4, -0.2) is 25.5 Å². The number of hydrogen-bond acceptors (Lipinski definition) is 2. The van der Waals surface area contributed by atoms with Crippen LogP contribution in [0.15, 0.2) is 0 Å². The first kappa shape index (κ1) is 12.2. The van der Waals surface area contributed by atoms with E-state index < -0.39 is 12.0 Å². The summed E-state index contributed by atoms with van der Waals surface area (Å²) < 4.78 is 0. The Bertz CT molecular complexity index is 106. The summed E-state index contributed by atoms with van der Waals surface area (Å²) in [5.41, 5.74) is 5.22. The predicted octanol–water partition coefficient (Wildman–Crippen LogP) is 0.0636. The largest absolute Gasteiger partial charge is 0.480 e. The zero-order chi connectivity index (χ0) is 7.44. The maximum absolute atomic E-state index is 10.1. The maximum atomic E-state index is 10.1. The van der Waals surface area contributed by atoms with Crippen LogP contribution >= 0.6 is 0 Å². The summed E-state index contributed by atoms with van der Waals surface area (Å²) in [6.07, 6.45) is 0.551. The van der Waals surface area contributed by atoms with Gasteiger partial charge in [-0.1, -0.05) is 13.8 Å². The number of nitrogens with two attached hydrogens (primary N) is 1. The highest BCUT2D eigenvalue weighted by Crippen LogP contribution is 2.01. The third-order valence-electron chi connectivity index (χ3n) is 1.04. The molecule has 0 aliphatic heterocycles. The third kappa shape index (κ3) is 5.63. The van der Waals surface area contributed by atoms with Crippen molar-refractivity contribution in [1.29, 1.82) is 0 Å². The third-order valence-corrected chi connectivity index (χ3v) is 1.04. The molecule has 4 heteroatoms. The van der Waals surface area contributed by atoms with Gasteiger partial charge in [0.2, 0.25) is 0 Å². The van der Waals surface area contributed by atoms with Crippen molar-refractivity contribution < 1.29 is 9.90 Å². The molecule has 57 valence electrons. The Kier molecular flexibility index (Phi) is 6.46. The van der Waals surface area contributed by atoms with Gasteiger partial charge in [-0.05, 0) is 12.3 Å². The molecule has 0 aromatic heterocycles. The number of carboxylic acid groups (broad SMARTS) is 1. The Labute approximate surface area is 63.2 Å². The number of carboxylic acids is 1. The molecule has 0 heterocycles. The van der Waals surface area contributed by atoms with E-state index in [4.69, 9.17) is 10.8 Å². The predicted molar refractivity (Wildman–Crippen MR) is 40.8 cm³/mol. The van der Waals surface area contributed by atoms with Gasteiger partial charge in [0.1, 0.15) is 6.04 Å². The highest BCUT2D eigenvalue weighted by atomic mass is 16.4. The monoisotopic (exact) mass is 142 g/mol. The molecule has 0 unspecified atom stereocenters. The molecule has 3 nitrogen and oxygen atoms in total. The van der Waals surface area contributed by atoms with E-state index >= 15 is 0 Å². The zero-order valence-corrected chi connectivity index (χ0v) is 6.37. The topological polar surface area (TPSA) is 63.3 Å². The van der Waals surface area contributed by atoms with Crippen LogP contribution in [0.1, 0.15) is 20.3 Å². The van der Waals surface area contributed by atoms with Gasteiger partial charge in [-0.25, -0.2) is 0 Å². The fraction of sp³-hybridized carbons (Fsp3) is 0.833. The molecule has 3 radical (unpaired) electrons. The summed E-state index contributed by atoms with van der Waals surface area (Å²) in [7, 11) is 0. The van der Waals surface area contributed by atoms with E-state index in [-0.39, 0.29) is 8.41 Å². The SMILES string of the molecule is CC(C)C[C@H](N)C(=O)O.[B]. The minimum absolute atomic E-state index is 0. The van der Waals surface area contributed by atoms with Crippen LogP contribution in [0.4, 0.5) is 0 Å². The van der Waals surface area contributed by atoms with Gasteiger partial charge in [0, 0.05) is 8.41 Å². The van der Waals surface area contributed by atoms with Crippen molar-refractivity contribution in [2.75, 3.05) is 0 Å². The van der Waals surface area contributed by atoms with E-state index in [2.05, 4.69) is 0 Å². The van der Waals surface area contributed by atoms with E-state index in [1.807, 2.05) is 13.8 Å². The lowest BCUT2D eigenvalue weighted by Crippen LogP contribution is -2.31. The zero-order valence-electron chi connectivity index (χ0n) is 6.37. The molecule has 1 atom stereocenters. The molecule has 0 aliphatic carbocycles. The van der Waals surface area contributed by atoms with Gasteiger partial charge in [0.15, 0.2) is 0 Å². The average molecular weight is 142 g/mol. The Balaban J connectivity index is 0. The molecule has 0 amide bonds. The fourth-order valence-corrected chi connectivity index (χ4v) is 0.609. The summed E-state index contributed by atoms with van der Waals surface area (Å²) in [6.45, 7) is 3.89. The molecule has 0 aliphatic rings. The molecule has 0 saturated heterocycles. The summed E-state index contributed by atoms with van der Waals surface area (Å²) in [5.74, 6) is -0.556. The van der Waals surface area contributed by atoms with Crippen molar-refractivity contribution in [3.8, 4) is 0 Å². The molecule has 0 aromatic carbocycles. The lowest BCUT2D eigenvalue weighted by molar-refractivity contribution is -0.138. The van der Waals surface area contributed by atoms with Gasteiger partial charge < -0.3 is 10.8 Å². The number of aliphatic carboxylic acids is 1. The second-order valence-corrected chi connectivity index (χ2v) is 2.57. The Morgan fingerprint density at radius 2 is 2.00 bits per heavy atom. The van der Waals surface area contributed by atoms with Crippen LogP contribution in [0.25, 0.3) is 0 Å². The van der Waals surface area contributed by atoms with Crippen molar-refractivity contribution in [2.45, 2.75) is 26.3 Å². The van der Waals surface area contributed by atoms with Crippen LogP contribution in [0, 0.1) is 5.92 Å². The Morgan fingerprint density at radius 3 is 2.10 bits per heavy atom. The van der Waals surface area contributed by atoms with Crippen LogP contribution < -0.4 is 5.73 Å². The molecular formula is C6H13BNO2. The van der Waals surface area contributed by atoms with Crippen molar-refractivity contribution in [3.05, 3.63) is 0 Å². The van der Waals surface area contributed by atoms with Gasteiger partial charge in [0.05, 0.1) is 0 Å². The van der Waals surface area contributed by atoms with Crippen molar-refractivity contribution >= 4 is 14.4 Å². The summed E-state index contributed by atoms with van der Waals surface area (Å²) in [4.78, 5) is 10.1. The van der Waals surface area contributed by atoms with E-state index in [9.17, 15) is 4.79 Å². The summed E-state index contributed by atoms with van der Waals surface area (Å²) in [6, 6.07) is -0.690. The van der Waals surface area contributed by atoms with E-state index in [0.29, 0.717) is 12.3 Å². The van der Waals surface area contributed by atoms with Crippen LogP contribution in [0.3, 0.4) is 0 Å². The number of hydrogen-bond donors (Lipinski definition) is 2.